The molecule has 0 aliphatic rings. The van der Waals surface area contributed by atoms with Gasteiger partial charge in [-0.2, -0.15) is 0 Å². The number of aromatic nitrogens is 1. The van der Waals surface area contributed by atoms with Crippen LogP contribution in [0.2, 0.25) is 0 Å². The molecule has 106 valence electrons. The molecule has 4 heteroatoms. The number of nitrogens with one attached hydrogen (secondary N) is 1. The first-order valence-corrected chi connectivity index (χ1v) is 7.47. The summed E-state index contributed by atoms with van der Waals surface area (Å²) in [6.07, 6.45) is 0. The molecule has 1 aromatic heterocycles. The molecule has 0 fully saturated rings. The molecule has 0 radical (unpaired) electrons. The fourth-order valence-corrected chi connectivity index (χ4v) is 2.62. The Morgan fingerprint density at radius 2 is 1.86 bits per heavy atom. The standard InChI is InChI=1S/C17H15BrN2O/c1-21-14-8-5-12(6-9-14)11-19-16-10-7-13-3-2-4-15(18)17(13)20-16/h2-10H,11H2,1H3,(H,19,20). The predicted octanol–water partition coefficient (Wildman–Crippen LogP) is 4.62. The number of halogens is 1. The molecule has 3 aromatic rings. The van der Waals surface area contributed by atoms with Crippen molar-refractivity contribution in [3.05, 3.63) is 64.6 Å². The Labute approximate surface area is 132 Å². The van der Waals surface area contributed by atoms with E-state index in [9.17, 15) is 0 Å². The van der Waals surface area contributed by atoms with E-state index in [1.165, 1.54) is 5.56 Å². The van der Waals surface area contributed by atoms with Crippen molar-refractivity contribution in [1.82, 2.24) is 4.98 Å². The number of anilines is 1. The highest BCUT2D eigenvalue weighted by molar-refractivity contribution is 9.10. The van der Waals surface area contributed by atoms with Gasteiger partial charge >= 0.3 is 0 Å². The van der Waals surface area contributed by atoms with E-state index in [0.29, 0.717) is 0 Å². The van der Waals surface area contributed by atoms with E-state index in [1.54, 1.807) is 7.11 Å². The maximum atomic E-state index is 5.16. The van der Waals surface area contributed by atoms with E-state index < -0.39 is 0 Å². The molecular weight excluding hydrogens is 328 g/mol. The molecule has 1 N–H and O–H groups in total. The lowest BCUT2D eigenvalue weighted by Crippen LogP contribution is -2.01. The lowest BCUT2D eigenvalue weighted by molar-refractivity contribution is 0.414. The van der Waals surface area contributed by atoms with Gasteiger partial charge in [0.2, 0.25) is 0 Å². The van der Waals surface area contributed by atoms with Crippen LogP contribution < -0.4 is 10.1 Å². The molecule has 3 rings (SSSR count). The fraction of sp³-hybridized carbons (Fsp3) is 0.118. The third-order valence-electron chi connectivity index (χ3n) is 3.30. The minimum atomic E-state index is 0.729. The van der Waals surface area contributed by atoms with Crippen LogP contribution in [0.4, 0.5) is 5.82 Å². The van der Waals surface area contributed by atoms with Gasteiger partial charge in [-0.1, -0.05) is 24.3 Å². The van der Waals surface area contributed by atoms with Crippen LogP contribution in [0.5, 0.6) is 5.75 Å². The first-order chi connectivity index (χ1) is 10.3. The average molecular weight is 343 g/mol. The van der Waals surface area contributed by atoms with Crippen molar-refractivity contribution >= 4 is 32.7 Å². The number of ether oxygens (including phenoxy) is 1. The van der Waals surface area contributed by atoms with Gasteiger partial charge in [0, 0.05) is 16.4 Å². The molecule has 0 atom stereocenters. The number of rotatable bonds is 4. The second kappa shape index (κ2) is 6.14. The fourth-order valence-electron chi connectivity index (χ4n) is 2.15. The van der Waals surface area contributed by atoms with Crippen LogP contribution >= 0.6 is 15.9 Å². The van der Waals surface area contributed by atoms with Crippen LogP contribution in [0.25, 0.3) is 10.9 Å². The number of nitrogens with zero attached hydrogens (tertiary/aromatic N) is 1. The monoisotopic (exact) mass is 342 g/mol. The summed E-state index contributed by atoms with van der Waals surface area (Å²) in [6, 6.07) is 18.2. The molecule has 0 spiro atoms. The number of para-hydroxylation sites is 1. The van der Waals surface area contributed by atoms with Crippen molar-refractivity contribution in [2.45, 2.75) is 6.54 Å². The van der Waals surface area contributed by atoms with Crippen LogP contribution in [0.15, 0.2) is 59.1 Å². The van der Waals surface area contributed by atoms with Gasteiger partial charge < -0.3 is 10.1 Å². The van der Waals surface area contributed by atoms with Crippen LogP contribution in [0.1, 0.15) is 5.56 Å². The van der Waals surface area contributed by atoms with E-state index in [4.69, 9.17) is 4.74 Å². The molecule has 0 aliphatic carbocycles. The Bertz CT molecular complexity index is 756. The first-order valence-electron chi connectivity index (χ1n) is 6.68. The van der Waals surface area contributed by atoms with Gasteiger partial charge in [0.15, 0.2) is 0 Å². The number of benzene rings is 2. The van der Waals surface area contributed by atoms with Crippen molar-refractivity contribution < 1.29 is 4.74 Å². The second-order valence-electron chi connectivity index (χ2n) is 4.71. The average Bonchev–Trinajstić information content (AvgIpc) is 2.54. The first kappa shape index (κ1) is 13.9. The quantitative estimate of drug-likeness (QED) is 0.751. The Kier molecular flexibility index (Phi) is 4.06. The van der Waals surface area contributed by atoms with E-state index >= 15 is 0 Å². The predicted molar refractivity (Wildman–Crippen MR) is 89.8 cm³/mol. The second-order valence-corrected chi connectivity index (χ2v) is 5.56. The number of hydrogen-bond donors (Lipinski definition) is 1. The number of hydrogen-bond acceptors (Lipinski definition) is 3. The summed E-state index contributed by atoms with van der Waals surface area (Å²) < 4.78 is 6.16. The summed E-state index contributed by atoms with van der Waals surface area (Å²) in [5.41, 5.74) is 2.15. The minimum Gasteiger partial charge on any atom is -0.497 e. The Morgan fingerprint density at radius 1 is 1.05 bits per heavy atom. The van der Waals surface area contributed by atoms with Crippen molar-refractivity contribution in [2.75, 3.05) is 12.4 Å². The Balaban J connectivity index is 1.76. The third-order valence-corrected chi connectivity index (χ3v) is 3.94. The topological polar surface area (TPSA) is 34.1 Å². The number of fused-ring (bicyclic) bond motifs is 1. The molecule has 3 nitrogen and oxygen atoms in total. The highest BCUT2D eigenvalue weighted by Crippen LogP contribution is 2.23. The normalized spacial score (nSPS) is 10.6. The molecule has 2 aromatic carbocycles. The van der Waals surface area contributed by atoms with Gasteiger partial charge in [-0.05, 0) is 51.8 Å². The summed E-state index contributed by atoms with van der Waals surface area (Å²) in [5, 5.41) is 4.47. The zero-order valence-corrected chi connectivity index (χ0v) is 13.2. The zero-order valence-electron chi connectivity index (χ0n) is 11.6. The summed E-state index contributed by atoms with van der Waals surface area (Å²) in [6.45, 7) is 0.729. The molecule has 0 amide bonds. The third kappa shape index (κ3) is 3.16. The van der Waals surface area contributed by atoms with E-state index in [0.717, 1.165) is 33.5 Å². The minimum absolute atomic E-state index is 0.729. The summed E-state index contributed by atoms with van der Waals surface area (Å²) in [7, 11) is 1.67. The van der Waals surface area contributed by atoms with Crippen molar-refractivity contribution in [3.63, 3.8) is 0 Å². The summed E-state index contributed by atoms with van der Waals surface area (Å²) >= 11 is 3.54. The lowest BCUT2D eigenvalue weighted by atomic mass is 10.2. The summed E-state index contributed by atoms with van der Waals surface area (Å²) in [5.74, 6) is 1.73. The van der Waals surface area contributed by atoms with Crippen LogP contribution in [0.3, 0.4) is 0 Å². The van der Waals surface area contributed by atoms with Gasteiger partial charge in [0.05, 0.1) is 12.6 Å². The Hall–Kier alpha value is -2.07. The SMILES string of the molecule is COc1ccc(CNc2ccc3cccc(Br)c3n2)cc1. The van der Waals surface area contributed by atoms with Gasteiger partial charge in [-0.15, -0.1) is 0 Å². The molecule has 21 heavy (non-hydrogen) atoms. The lowest BCUT2D eigenvalue weighted by Gasteiger charge is -2.08. The summed E-state index contributed by atoms with van der Waals surface area (Å²) in [4.78, 5) is 4.64. The van der Waals surface area contributed by atoms with Crippen molar-refractivity contribution in [1.29, 1.82) is 0 Å². The van der Waals surface area contributed by atoms with E-state index in [1.807, 2.05) is 42.5 Å². The van der Waals surface area contributed by atoms with Gasteiger partial charge in [0.1, 0.15) is 11.6 Å². The van der Waals surface area contributed by atoms with Crippen LogP contribution in [-0.4, -0.2) is 12.1 Å². The van der Waals surface area contributed by atoms with Gasteiger partial charge in [-0.3, -0.25) is 0 Å². The smallest absolute Gasteiger partial charge is 0.126 e. The number of methoxy groups -OCH3 is 1. The maximum absolute atomic E-state index is 5.16. The van der Waals surface area contributed by atoms with Crippen LogP contribution in [0, 0.1) is 0 Å². The highest BCUT2D eigenvalue weighted by atomic mass is 79.9. The molecule has 0 aliphatic heterocycles. The molecular formula is C17H15BrN2O. The molecule has 0 saturated heterocycles. The molecule has 0 unspecified atom stereocenters. The van der Waals surface area contributed by atoms with Crippen LogP contribution in [-0.2, 0) is 6.54 Å². The van der Waals surface area contributed by atoms with E-state index in [-0.39, 0.29) is 0 Å². The van der Waals surface area contributed by atoms with Crippen molar-refractivity contribution in [2.24, 2.45) is 0 Å². The molecule has 0 saturated carbocycles. The largest absolute Gasteiger partial charge is 0.497 e. The highest BCUT2D eigenvalue weighted by Gasteiger charge is 2.02. The maximum Gasteiger partial charge on any atom is 0.126 e. The molecule has 1 heterocycles. The Morgan fingerprint density at radius 3 is 2.62 bits per heavy atom. The van der Waals surface area contributed by atoms with Gasteiger partial charge in [0.25, 0.3) is 0 Å². The zero-order chi connectivity index (χ0) is 14.7. The van der Waals surface area contributed by atoms with E-state index in [2.05, 4.69) is 38.4 Å². The van der Waals surface area contributed by atoms with Crippen molar-refractivity contribution in [3.8, 4) is 5.75 Å². The van der Waals surface area contributed by atoms with Gasteiger partial charge in [-0.25, -0.2) is 4.98 Å². The number of pyridine rings is 1. The molecule has 0 bridgehead atoms.